The minimum absolute atomic E-state index is 0.0147. The average Bonchev–Trinajstić information content (AvgIpc) is 2.72. The fourth-order valence-electron chi connectivity index (χ4n) is 3.61. The van der Waals surface area contributed by atoms with E-state index in [1.54, 1.807) is 10.9 Å². The molecule has 0 unspecified atom stereocenters. The van der Waals surface area contributed by atoms with Crippen LogP contribution in [0.2, 0.25) is 0 Å². The van der Waals surface area contributed by atoms with E-state index >= 15 is 0 Å². The zero-order chi connectivity index (χ0) is 21.2. The van der Waals surface area contributed by atoms with Crippen molar-refractivity contribution in [1.29, 1.82) is 0 Å². The maximum Gasteiger partial charge on any atom is 0.256 e. The number of ether oxygens (including phenoxy) is 1. The second-order valence-corrected chi connectivity index (χ2v) is 8.59. The van der Waals surface area contributed by atoms with Crippen molar-refractivity contribution < 1.29 is 9.53 Å². The maximum atomic E-state index is 13.3. The van der Waals surface area contributed by atoms with Crippen molar-refractivity contribution >= 4 is 5.91 Å². The van der Waals surface area contributed by atoms with E-state index in [2.05, 4.69) is 18.8 Å². The van der Waals surface area contributed by atoms with Gasteiger partial charge in [0.25, 0.3) is 5.56 Å². The number of rotatable bonds is 6. The quantitative estimate of drug-likeness (QED) is 0.751. The molecule has 3 rings (SSSR count). The summed E-state index contributed by atoms with van der Waals surface area (Å²) in [6, 6.07) is 7.77. The molecule has 0 spiro atoms. The highest BCUT2D eigenvalue weighted by atomic mass is 16.5. The molecule has 0 aliphatic carbocycles. The monoisotopic (exact) mass is 397 g/mol. The molecule has 0 saturated carbocycles. The standard InChI is InChI=1S/C23H31N3O3/c1-6-25-15-24-20-13-26(12-11-19(20)21(25)27)22(28)23(4,5)17-7-9-18(10-8-17)29-14-16(2)3/h7-10,15-16H,6,11-14H2,1-5H3. The van der Waals surface area contributed by atoms with Gasteiger partial charge in [-0.2, -0.15) is 0 Å². The molecule has 0 atom stereocenters. The number of fused-ring (bicyclic) bond motifs is 1. The first-order chi connectivity index (χ1) is 13.7. The van der Waals surface area contributed by atoms with Crippen molar-refractivity contribution in [3.63, 3.8) is 0 Å². The van der Waals surface area contributed by atoms with Gasteiger partial charge in [-0.25, -0.2) is 4.98 Å². The number of aryl methyl sites for hydroxylation is 1. The first-order valence-corrected chi connectivity index (χ1v) is 10.3. The van der Waals surface area contributed by atoms with Crippen LogP contribution in [0, 0.1) is 5.92 Å². The van der Waals surface area contributed by atoms with Crippen LogP contribution in [0.1, 0.15) is 51.4 Å². The van der Waals surface area contributed by atoms with Crippen LogP contribution in [0.5, 0.6) is 5.75 Å². The molecule has 1 aromatic heterocycles. The number of carbonyl (C=O) groups is 1. The molecule has 2 heterocycles. The summed E-state index contributed by atoms with van der Waals surface area (Å²) < 4.78 is 7.36. The van der Waals surface area contributed by atoms with Gasteiger partial charge in [0.05, 0.1) is 30.6 Å². The Morgan fingerprint density at radius 3 is 2.55 bits per heavy atom. The molecule has 1 amide bonds. The largest absolute Gasteiger partial charge is 0.493 e. The number of benzene rings is 1. The van der Waals surface area contributed by atoms with Crippen molar-refractivity contribution in [1.82, 2.24) is 14.5 Å². The van der Waals surface area contributed by atoms with E-state index in [9.17, 15) is 9.59 Å². The van der Waals surface area contributed by atoms with Crippen LogP contribution >= 0.6 is 0 Å². The van der Waals surface area contributed by atoms with Gasteiger partial charge in [-0.1, -0.05) is 26.0 Å². The summed E-state index contributed by atoms with van der Waals surface area (Å²) >= 11 is 0. The van der Waals surface area contributed by atoms with Gasteiger partial charge in [0.2, 0.25) is 5.91 Å². The smallest absolute Gasteiger partial charge is 0.256 e. The van der Waals surface area contributed by atoms with Gasteiger partial charge in [-0.05, 0) is 50.8 Å². The van der Waals surface area contributed by atoms with Crippen LogP contribution in [0.3, 0.4) is 0 Å². The molecule has 0 N–H and O–H groups in total. The van der Waals surface area contributed by atoms with Crippen molar-refractivity contribution in [2.75, 3.05) is 13.2 Å². The molecular weight excluding hydrogens is 366 g/mol. The minimum Gasteiger partial charge on any atom is -0.493 e. The summed E-state index contributed by atoms with van der Waals surface area (Å²) in [7, 11) is 0. The predicted molar refractivity (Wildman–Crippen MR) is 113 cm³/mol. The van der Waals surface area contributed by atoms with Gasteiger partial charge in [0.1, 0.15) is 5.75 Å². The molecule has 29 heavy (non-hydrogen) atoms. The lowest BCUT2D eigenvalue weighted by Gasteiger charge is -2.35. The van der Waals surface area contributed by atoms with E-state index in [-0.39, 0.29) is 11.5 Å². The molecule has 1 aromatic carbocycles. The topological polar surface area (TPSA) is 64.4 Å². The number of nitrogens with zero attached hydrogens (tertiary/aromatic N) is 3. The van der Waals surface area contributed by atoms with Crippen LogP contribution in [-0.4, -0.2) is 33.5 Å². The summed E-state index contributed by atoms with van der Waals surface area (Å²) in [4.78, 5) is 32.0. The first kappa shape index (κ1) is 21.1. The Kier molecular flexibility index (Phi) is 6.10. The lowest BCUT2D eigenvalue weighted by atomic mass is 9.82. The Morgan fingerprint density at radius 1 is 1.24 bits per heavy atom. The number of aromatic nitrogens is 2. The average molecular weight is 398 g/mol. The first-order valence-electron chi connectivity index (χ1n) is 10.3. The predicted octanol–water partition coefficient (Wildman–Crippen LogP) is 3.16. The van der Waals surface area contributed by atoms with E-state index < -0.39 is 5.41 Å². The van der Waals surface area contributed by atoms with Gasteiger partial charge in [-0.15, -0.1) is 0 Å². The molecule has 156 valence electrons. The lowest BCUT2D eigenvalue weighted by Crippen LogP contribution is -2.47. The molecule has 6 nitrogen and oxygen atoms in total. The summed E-state index contributed by atoms with van der Waals surface area (Å²) in [6.07, 6.45) is 2.13. The number of hydrogen-bond acceptors (Lipinski definition) is 4. The van der Waals surface area contributed by atoms with Crippen molar-refractivity contribution in [2.45, 2.75) is 59.5 Å². The SMILES string of the molecule is CCn1cnc2c(c1=O)CCN(C(=O)C(C)(C)c1ccc(OCC(C)C)cc1)C2. The van der Waals surface area contributed by atoms with E-state index in [1.165, 1.54) is 0 Å². The molecule has 0 fully saturated rings. The third-order valence-electron chi connectivity index (χ3n) is 5.51. The van der Waals surface area contributed by atoms with Crippen LogP contribution < -0.4 is 10.3 Å². The van der Waals surface area contributed by atoms with Gasteiger partial charge < -0.3 is 9.64 Å². The molecule has 1 aliphatic heterocycles. The van der Waals surface area contributed by atoms with E-state index in [4.69, 9.17) is 4.74 Å². The summed E-state index contributed by atoms with van der Waals surface area (Å²) in [6.45, 7) is 12.2. The molecule has 0 bridgehead atoms. The van der Waals surface area contributed by atoms with Crippen molar-refractivity contribution in [2.24, 2.45) is 5.92 Å². The van der Waals surface area contributed by atoms with Gasteiger partial charge in [0, 0.05) is 18.7 Å². The zero-order valence-corrected chi connectivity index (χ0v) is 18.1. The molecule has 6 heteroatoms. The molecule has 0 radical (unpaired) electrons. The normalized spacial score (nSPS) is 14.1. The number of amides is 1. The van der Waals surface area contributed by atoms with E-state index in [0.29, 0.717) is 44.3 Å². The number of hydrogen-bond donors (Lipinski definition) is 0. The highest BCUT2D eigenvalue weighted by Crippen LogP contribution is 2.29. The second-order valence-electron chi connectivity index (χ2n) is 8.59. The van der Waals surface area contributed by atoms with Gasteiger partial charge in [0.15, 0.2) is 0 Å². The lowest BCUT2D eigenvalue weighted by molar-refractivity contribution is -0.137. The molecule has 1 aliphatic rings. The Balaban J connectivity index is 1.75. The fraction of sp³-hybridized carbons (Fsp3) is 0.522. The van der Waals surface area contributed by atoms with Crippen LogP contribution in [0.25, 0.3) is 0 Å². The van der Waals surface area contributed by atoms with Crippen LogP contribution in [-0.2, 0) is 29.7 Å². The van der Waals surface area contributed by atoms with Crippen molar-refractivity contribution in [3.8, 4) is 5.75 Å². The highest BCUT2D eigenvalue weighted by Gasteiger charge is 2.36. The zero-order valence-electron chi connectivity index (χ0n) is 18.1. The Labute approximate surface area is 172 Å². The molecular formula is C23H31N3O3. The third-order valence-corrected chi connectivity index (χ3v) is 5.51. The molecule has 0 saturated heterocycles. The summed E-state index contributed by atoms with van der Waals surface area (Å²) in [5.74, 6) is 1.32. The van der Waals surface area contributed by atoms with E-state index in [0.717, 1.165) is 16.9 Å². The van der Waals surface area contributed by atoms with E-state index in [1.807, 2.05) is 49.9 Å². The fourth-order valence-corrected chi connectivity index (χ4v) is 3.61. The van der Waals surface area contributed by atoms with Crippen LogP contribution in [0.15, 0.2) is 35.4 Å². The maximum absolute atomic E-state index is 13.3. The Morgan fingerprint density at radius 2 is 1.93 bits per heavy atom. The summed E-state index contributed by atoms with van der Waals surface area (Å²) in [5, 5.41) is 0. The summed E-state index contributed by atoms with van der Waals surface area (Å²) in [5.41, 5.74) is 1.74. The Bertz CT molecular complexity index is 929. The van der Waals surface area contributed by atoms with Gasteiger partial charge >= 0.3 is 0 Å². The minimum atomic E-state index is -0.674. The number of carbonyl (C=O) groups excluding carboxylic acids is 1. The van der Waals surface area contributed by atoms with Crippen LogP contribution in [0.4, 0.5) is 0 Å². The third kappa shape index (κ3) is 4.36. The van der Waals surface area contributed by atoms with Crippen molar-refractivity contribution in [3.05, 3.63) is 57.8 Å². The molecule has 2 aromatic rings. The highest BCUT2D eigenvalue weighted by molar-refractivity contribution is 5.87. The Hall–Kier alpha value is -2.63. The van der Waals surface area contributed by atoms with Gasteiger partial charge in [-0.3, -0.25) is 14.2 Å². The second kappa shape index (κ2) is 8.39.